The van der Waals surface area contributed by atoms with Crippen LogP contribution in [0.4, 0.5) is 0 Å². The van der Waals surface area contributed by atoms with E-state index in [1.54, 1.807) is 4.57 Å². The van der Waals surface area contributed by atoms with Crippen LogP contribution in [0, 0.1) is 0 Å². The van der Waals surface area contributed by atoms with E-state index >= 15 is 0 Å². The number of aryl methyl sites for hydroxylation is 1. The highest BCUT2D eigenvalue weighted by atomic mass is 32.1. The number of hydrogen-bond donors (Lipinski definition) is 0. The van der Waals surface area contributed by atoms with Crippen LogP contribution in [0.25, 0.3) is 20.3 Å². The molecule has 148 valence electrons. The second-order valence-electron chi connectivity index (χ2n) is 7.32. The van der Waals surface area contributed by atoms with Crippen molar-refractivity contribution in [2.45, 2.75) is 19.5 Å². The SMILES string of the molecule is O=c1c2sc3ccccc3c2n(Cc2ccccc2)c(=O)n1CCc1ccccc1. The smallest absolute Gasteiger partial charge is 0.287 e. The quantitative estimate of drug-likeness (QED) is 0.421. The third kappa shape index (κ3) is 3.27. The standard InChI is InChI=1S/C25H20N2O2S/c28-24-23-22(20-13-7-8-14-21(20)30-23)27(17-19-11-5-2-6-12-19)25(29)26(24)16-15-18-9-3-1-4-10-18/h1-14H,15-17H2. The minimum absolute atomic E-state index is 0.198. The van der Waals surface area contributed by atoms with Crippen LogP contribution in [0.1, 0.15) is 11.1 Å². The molecule has 5 aromatic rings. The first-order valence-corrected chi connectivity index (χ1v) is 10.8. The van der Waals surface area contributed by atoms with Gasteiger partial charge >= 0.3 is 5.69 Å². The molecular formula is C25H20N2O2S. The van der Waals surface area contributed by atoms with E-state index in [4.69, 9.17) is 0 Å². The van der Waals surface area contributed by atoms with Crippen LogP contribution >= 0.6 is 11.3 Å². The number of hydrogen-bond acceptors (Lipinski definition) is 3. The van der Waals surface area contributed by atoms with Crippen molar-refractivity contribution < 1.29 is 0 Å². The number of rotatable bonds is 5. The van der Waals surface area contributed by atoms with Gasteiger partial charge in [-0.1, -0.05) is 78.9 Å². The normalized spacial score (nSPS) is 11.3. The van der Waals surface area contributed by atoms with Gasteiger partial charge in [-0.2, -0.15) is 0 Å². The van der Waals surface area contributed by atoms with E-state index in [1.807, 2.05) is 84.9 Å². The van der Waals surface area contributed by atoms with Crippen LogP contribution in [0.5, 0.6) is 0 Å². The number of fused-ring (bicyclic) bond motifs is 3. The van der Waals surface area contributed by atoms with Crippen LogP contribution in [0.3, 0.4) is 0 Å². The first-order valence-electron chi connectivity index (χ1n) is 9.95. The van der Waals surface area contributed by atoms with Gasteiger partial charge in [0.25, 0.3) is 5.56 Å². The summed E-state index contributed by atoms with van der Waals surface area (Å²) in [6.07, 6.45) is 0.637. The molecule has 2 heterocycles. The Balaban J connectivity index is 1.72. The monoisotopic (exact) mass is 412 g/mol. The molecule has 0 N–H and O–H groups in total. The third-order valence-corrected chi connectivity index (χ3v) is 6.54. The maximum absolute atomic E-state index is 13.5. The molecule has 0 aliphatic heterocycles. The highest BCUT2D eigenvalue weighted by molar-refractivity contribution is 7.25. The lowest BCUT2D eigenvalue weighted by Crippen LogP contribution is -2.40. The molecule has 0 spiro atoms. The van der Waals surface area contributed by atoms with Crippen molar-refractivity contribution in [2.24, 2.45) is 0 Å². The summed E-state index contributed by atoms with van der Waals surface area (Å²) in [5.74, 6) is 0. The Morgan fingerprint density at radius 1 is 0.700 bits per heavy atom. The molecule has 0 bridgehead atoms. The lowest BCUT2D eigenvalue weighted by molar-refractivity contribution is 0.591. The van der Waals surface area contributed by atoms with E-state index < -0.39 is 0 Å². The number of thiophene rings is 1. The highest BCUT2D eigenvalue weighted by Crippen LogP contribution is 2.31. The Hall–Kier alpha value is -3.44. The molecule has 0 atom stereocenters. The lowest BCUT2D eigenvalue weighted by atomic mass is 10.1. The van der Waals surface area contributed by atoms with Crippen LogP contribution < -0.4 is 11.2 Å². The molecule has 4 nitrogen and oxygen atoms in total. The third-order valence-electron chi connectivity index (χ3n) is 5.39. The van der Waals surface area contributed by atoms with Gasteiger partial charge < -0.3 is 0 Å². The van der Waals surface area contributed by atoms with Crippen LogP contribution in [-0.4, -0.2) is 9.13 Å². The van der Waals surface area contributed by atoms with Gasteiger partial charge in [0.05, 0.1) is 12.1 Å². The topological polar surface area (TPSA) is 44.0 Å². The molecule has 0 aliphatic carbocycles. The van der Waals surface area contributed by atoms with Crippen molar-refractivity contribution in [3.05, 3.63) is 117 Å². The van der Waals surface area contributed by atoms with E-state index in [1.165, 1.54) is 15.9 Å². The molecule has 3 aromatic carbocycles. The predicted octanol–water partition coefficient (Wildman–Crippen LogP) is 4.67. The van der Waals surface area contributed by atoms with Gasteiger partial charge in [0, 0.05) is 16.6 Å². The highest BCUT2D eigenvalue weighted by Gasteiger charge is 2.18. The fourth-order valence-electron chi connectivity index (χ4n) is 3.89. The van der Waals surface area contributed by atoms with Crippen molar-refractivity contribution in [2.75, 3.05) is 0 Å². The summed E-state index contributed by atoms with van der Waals surface area (Å²) in [5.41, 5.74) is 2.43. The zero-order chi connectivity index (χ0) is 20.5. The van der Waals surface area contributed by atoms with Gasteiger partial charge in [0.1, 0.15) is 4.70 Å². The van der Waals surface area contributed by atoms with Gasteiger partial charge in [-0.25, -0.2) is 4.79 Å². The Kier molecular flexibility index (Phi) is 4.81. The van der Waals surface area contributed by atoms with Crippen molar-refractivity contribution in [1.82, 2.24) is 9.13 Å². The van der Waals surface area contributed by atoms with Crippen molar-refractivity contribution in [3.8, 4) is 0 Å². The first-order chi connectivity index (χ1) is 14.7. The van der Waals surface area contributed by atoms with Gasteiger partial charge in [0.15, 0.2) is 0 Å². The van der Waals surface area contributed by atoms with Gasteiger partial charge in [0.2, 0.25) is 0 Å². The van der Waals surface area contributed by atoms with E-state index in [0.717, 1.165) is 26.7 Å². The maximum atomic E-state index is 13.5. The lowest BCUT2D eigenvalue weighted by Gasteiger charge is -2.13. The second-order valence-corrected chi connectivity index (χ2v) is 8.37. The van der Waals surface area contributed by atoms with Crippen molar-refractivity contribution in [1.29, 1.82) is 0 Å². The Morgan fingerprint density at radius 2 is 1.33 bits per heavy atom. The Labute approximate surface area is 177 Å². The molecule has 0 unspecified atom stereocenters. The fourth-order valence-corrected chi connectivity index (χ4v) is 5.05. The average molecular weight is 413 g/mol. The van der Waals surface area contributed by atoms with Gasteiger partial charge in [-0.05, 0) is 23.6 Å². The summed E-state index contributed by atoms with van der Waals surface area (Å²) in [5, 5.41) is 0.956. The van der Waals surface area contributed by atoms with Crippen molar-refractivity contribution in [3.63, 3.8) is 0 Å². The molecule has 0 aliphatic rings. The van der Waals surface area contributed by atoms with Crippen LogP contribution in [-0.2, 0) is 19.5 Å². The summed E-state index contributed by atoms with van der Waals surface area (Å²) in [7, 11) is 0. The van der Waals surface area contributed by atoms with E-state index in [0.29, 0.717) is 24.2 Å². The molecule has 30 heavy (non-hydrogen) atoms. The zero-order valence-corrected chi connectivity index (χ0v) is 17.1. The van der Waals surface area contributed by atoms with Gasteiger partial charge in [-0.15, -0.1) is 11.3 Å². The molecule has 0 radical (unpaired) electrons. The second kappa shape index (κ2) is 7.76. The van der Waals surface area contributed by atoms with E-state index in [-0.39, 0.29) is 11.2 Å². The summed E-state index contributed by atoms with van der Waals surface area (Å²) in [6.45, 7) is 0.795. The molecule has 0 fully saturated rings. The Bertz CT molecular complexity index is 1450. The van der Waals surface area contributed by atoms with Crippen LogP contribution in [0.15, 0.2) is 94.5 Å². The number of aromatic nitrogens is 2. The van der Waals surface area contributed by atoms with Crippen molar-refractivity contribution >= 4 is 31.6 Å². The van der Waals surface area contributed by atoms with Gasteiger partial charge in [-0.3, -0.25) is 13.9 Å². The van der Waals surface area contributed by atoms with E-state index in [9.17, 15) is 9.59 Å². The number of benzene rings is 3. The maximum Gasteiger partial charge on any atom is 0.331 e. The number of nitrogens with zero attached hydrogens (tertiary/aromatic N) is 2. The molecular weight excluding hydrogens is 392 g/mol. The first kappa shape index (κ1) is 18.6. The average Bonchev–Trinajstić information content (AvgIpc) is 3.18. The molecule has 5 heteroatoms. The summed E-state index contributed by atoms with van der Waals surface area (Å²) >= 11 is 1.46. The molecule has 5 rings (SSSR count). The molecule has 0 saturated heterocycles. The molecule has 0 saturated carbocycles. The van der Waals surface area contributed by atoms with E-state index in [2.05, 4.69) is 0 Å². The summed E-state index contributed by atoms with van der Waals surface area (Å²) in [6, 6.07) is 27.8. The Morgan fingerprint density at radius 3 is 2.07 bits per heavy atom. The summed E-state index contributed by atoms with van der Waals surface area (Å²) in [4.78, 5) is 26.8. The minimum atomic E-state index is -0.254. The molecule has 0 amide bonds. The predicted molar refractivity (Wildman–Crippen MR) is 124 cm³/mol. The largest absolute Gasteiger partial charge is 0.331 e. The van der Waals surface area contributed by atoms with Crippen LogP contribution in [0.2, 0.25) is 0 Å². The molecule has 2 aromatic heterocycles. The zero-order valence-electron chi connectivity index (χ0n) is 16.3. The summed E-state index contributed by atoms with van der Waals surface area (Å²) < 4.78 is 4.82. The fraction of sp³-hybridized carbons (Fsp3) is 0.120. The minimum Gasteiger partial charge on any atom is -0.287 e.